The largest absolute Gasteiger partial charge is 0.756 e. The maximum absolute atomic E-state index is 13.5. The van der Waals surface area contributed by atoms with Crippen LogP contribution >= 0.6 is 7.82 Å². The van der Waals surface area contributed by atoms with Gasteiger partial charge in [-0.1, -0.05) is 260 Å². The molecule has 0 saturated carbocycles. The Morgan fingerprint density at radius 3 is 1.23 bits per heavy atom. The molecule has 0 aliphatic heterocycles. The zero-order valence-corrected chi connectivity index (χ0v) is 53.7. The highest BCUT2D eigenvalue weighted by Gasteiger charge is 2.27. The summed E-state index contributed by atoms with van der Waals surface area (Å²) in [7, 11) is 1.17. The third-order valence-corrected chi connectivity index (χ3v) is 15.2. The molecule has 0 bridgehead atoms. The number of nitrogens with zero attached hydrogens (tertiary/aromatic N) is 1. The van der Waals surface area contributed by atoms with E-state index in [9.17, 15) is 19.0 Å². The Labute approximate surface area is 494 Å². The Bertz CT molecular complexity index is 1690. The molecule has 0 aliphatic carbocycles. The molecule has 9 nitrogen and oxygen atoms in total. The molecule has 1 amide bonds. The van der Waals surface area contributed by atoms with Gasteiger partial charge in [0, 0.05) is 12.8 Å². The van der Waals surface area contributed by atoms with Crippen molar-refractivity contribution in [3.63, 3.8) is 0 Å². The van der Waals surface area contributed by atoms with Crippen LogP contribution in [0, 0.1) is 0 Å². The predicted octanol–water partition coefficient (Wildman–Crippen LogP) is 20.1. The molecule has 3 unspecified atom stereocenters. The van der Waals surface area contributed by atoms with Crippen molar-refractivity contribution in [1.29, 1.82) is 0 Å². The highest BCUT2D eigenvalue weighted by atomic mass is 31.2. The lowest BCUT2D eigenvalue weighted by molar-refractivity contribution is -0.870. The van der Waals surface area contributed by atoms with Gasteiger partial charge in [0.1, 0.15) is 19.3 Å². The van der Waals surface area contributed by atoms with Crippen molar-refractivity contribution in [1.82, 2.24) is 5.32 Å². The molecule has 0 spiro atoms. The molecular weight excluding hydrogens is 1010 g/mol. The Hall–Kier alpha value is -3.07. The van der Waals surface area contributed by atoms with Crippen LogP contribution in [0.1, 0.15) is 284 Å². The van der Waals surface area contributed by atoms with Gasteiger partial charge in [-0.3, -0.25) is 14.2 Å². The van der Waals surface area contributed by atoms with Crippen molar-refractivity contribution in [3.8, 4) is 0 Å². The van der Waals surface area contributed by atoms with E-state index in [4.69, 9.17) is 13.8 Å². The fourth-order valence-corrected chi connectivity index (χ4v) is 9.89. The van der Waals surface area contributed by atoms with Gasteiger partial charge in [0.25, 0.3) is 7.82 Å². The molecule has 0 aromatic heterocycles. The fourth-order valence-electron chi connectivity index (χ4n) is 9.17. The van der Waals surface area contributed by atoms with Gasteiger partial charge >= 0.3 is 5.97 Å². The minimum Gasteiger partial charge on any atom is -0.756 e. The lowest BCUT2D eigenvalue weighted by Gasteiger charge is -2.30. The first-order chi connectivity index (χ1) is 38.9. The van der Waals surface area contributed by atoms with Gasteiger partial charge < -0.3 is 28.5 Å². The first-order valence-electron chi connectivity index (χ1n) is 33.0. The summed E-state index contributed by atoms with van der Waals surface area (Å²) in [4.78, 5) is 40.1. The molecule has 0 saturated heterocycles. The minimum absolute atomic E-state index is 0.0287. The zero-order valence-electron chi connectivity index (χ0n) is 52.8. The van der Waals surface area contributed by atoms with Gasteiger partial charge in [0.2, 0.25) is 5.91 Å². The van der Waals surface area contributed by atoms with Gasteiger partial charge in [-0.05, 0) is 109 Å². The lowest BCUT2D eigenvalue weighted by Crippen LogP contribution is -2.47. The minimum atomic E-state index is -4.71. The lowest BCUT2D eigenvalue weighted by atomic mass is 10.0. The number of likely N-dealkylation sites (N-methyl/N-ethyl adjacent to an activating group) is 1. The van der Waals surface area contributed by atoms with Crippen LogP contribution in [0.4, 0.5) is 0 Å². The Morgan fingerprint density at radius 1 is 0.450 bits per heavy atom. The third kappa shape index (κ3) is 59.5. The average Bonchev–Trinajstić information content (AvgIpc) is 3.42. The van der Waals surface area contributed by atoms with Crippen molar-refractivity contribution < 1.29 is 37.3 Å². The smallest absolute Gasteiger partial charge is 0.306 e. The van der Waals surface area contributed by atoms with E-state index < -0.39 is 26.6 Å². The quantitative estimate of drug-likeness (QED) is 0.0212. The number of unbranched alkanes of at least 4 members (excludes halogenated alkanes) is 29. The summed E-state index contributed by atoms with van der Waals surface area (Å²) in [5.74, 6) is -0.557. The van der Waals surface area contributed by atoms with Crippen molar-refractivity contribution in [2.45, 2.75) is 296 Å². The van der Waals surface area contributed by atoms with Crippen LogP contribution in [-0.2, 0) is 27.9 Å². The molecule has 0 aromatic carbocycles. The van der Waals surface area contributed by atoms with Gasteiger partial charge in [0.15, 0.2) is 0 Å². The number of hydrogen-bond acceptors (Lipinski definition) is 7. The zero-order chi connectivity index (χ0) is 58.6. The fraction of sp³-hybridized carbons (Fsp3) is 0.743. The van der Waals surface area contributed by atoms with E-state index in [-0.39, 0.29) is 24.9 Å². The van der Waals surface area contributed by atoms with Gasteiger partial charge in [-0.2, -0.15) is 0 Å². The number of esters is 1. The van der Waals surface area contributed by atoms with Gasteiger partial charge in [0.05, 0.1) is 33.8 Å². The van der Waals surface area contributed by atoms with Crippen molar-refractivity contribution in [3.05, 3.63) is 97.2 Å². The highest BCUT2D eigenvalue weighted by molar-refractivity contribution is 7.45. The van der Waals surface area contributed by atoms with Crippen molar-refractivity contribution >= 4 is 19.7 Å². The number of phosphoric acid groups is 1. The van der Waals surface area contributed by atoms with E-state index in [0.717, 1.165) is 122 Å². The average molecular weight is 1140 g/mol. The number of phosphoric ester groups is 1. The first kappa shape index (κ1) is 76.9. The summed E-state index contributed by atoms with van der Waals surface area (Å²) in [6.07, 6.45) is 79.4. The van der Waals surface area contributed by atoms with Crippen LogP contribution in [0.3, 0.4) is 0 Å². The van der Waals surface area contributed by atoms with E-state index in [1.165, 1.54) is 128 Å². The number of carbonyl (C=O) groups excluding carboxylic acids is 2. The van der Waals surface area contributed by atoms with E-state index in [0.29, 0.717) is 17.4 Å². The van der Waals surface area contributed by atoms with Gasteiger partial charge in [-0.25, -0.2) is 0 Å². The Kier molecular flexibility index (Phi) is 56.8. The normalized spacial score (nSPS) is 14.2. The second kappa shape index (κ2) is 59.1. The number of ether oxygens (including phenoxy) is 1. The molecule has 0 fully saturated rings. The number of carbonyl (C=O) groups is 2. The summed E-state index contributed by atoms with van der Waals surface area (Å²) >= 11 is 0. The number of allylic oxidation sites excluding steroid dienone is 15. The number of amides is 1. The number of quaternary nitrogens is 1. The van der Waals surface area contributed by atoms with Crippen molar-refractivity contribution in [2.75, 3.05) is 40.9 Å². The highest BCUT2D eigenvalue weighted by Crippen LogP contribution is 2.38. The van der Waals surface area contributed by atoms with Crippen LogP contribution < -0.4 is 10.2 Å². The van der Waals surface area contributed by atoms with Crippen LogP contribution in [0.5, 0.6) is 0 Å². The standard InChI is InChI=1S/C70H125N2O7P/c1-7-10-13-16-19-22-25-28-30-32-33-34-35-36-37-38-39-41-43-45-48-51-54-57-60-63-70(74)79-68(61-58-55-52-49-46-27-24-21-18-15-12-9-3)67(66-78-80(75,76)77-65-64-72(4,5)6)71-69(73)62-59-56-53-50-47-44-42-40-31-29-26-23-20-17-14-11-8-2/h10,13,19-20,22-23,28-31,33-34,36-37,58,61,67-68H,7-9,11-12,14-18,21,24-27,32,35,38-57,59-60,62-66H2,1-6H3,(H-,71,73,75,76)/b13-10-,22-19-,23-20-,30-28-,31-29-,34-33-,37-36-,61-58-. The maximum atomic E-state index is 13.5. The maximum Gasteiger partial charge on any atom is 0.306 e. The molecular formula is C70H125N2O7P. The Morgan fingerprint density at radius 2 is 0.800 bits per heavy atom. The van der Waals surface area contributed by atoms with Crippen LogP contribution in [0.2, 0.25) is 0 Å². The number of hydrogen-bond donors (Lipinski definition) is 1. The molecule has 10 heteroatoms. The molecule has 0 heterocycles. The molecule has 1 N–H and O–H groups in total. The molecule has 0 aromatic rings. The third-order valence-electron chi connectivity index (χ3n) is 14.2. The number of rotatable bonds is 59. The van der Waals surface area contributed by atoms with E-state index >= 15 is 0 Å². The molecule has 462 valence electrons. The Balaban J connectivity index is 5.17. The SMILES string of the molecule is CC/C=C\C/C=C\C/C=C\C/C=C\C/C=C\CCCCCCCCCCCC(=O)OC(/C=C\CCCCCCCCCCCC)C(COP(=O)([O-])OCC[N+](C)(C)C)NC(=O)CCCCCCCCC/C=C\C/C=C\CCCCC. The number of nitrogens with one attached hydrogen (secondary N) is 1. The van der Waals surface area contributed by atoms with E-state index in [1.54, 1.807) is 0 Å². The molecule has 3 atom stereocenters. The summed E-state index contributed by atoms with van der Waals surface area (Å²) in [5.41, 5.74) is 0. The second-order valence-electron chi connectivity index (χ2n) is 23.2. The summed E-state index contributed by atoms with van der Waals surface area (Å²) < 4.78 is 30.4. The van der Waals surface area contributed by atoms with E-state index in [2.05, 4.69) is 111 Å². The summed E-state index contributed by atoms with van der Waals surface area (Å²) in [6.45, 7) is 6.70. The predicted molar refractivity (Wildman–Crippen MR) is 344 cm³/mol. The van der Waals surface area contributed by atoms with Crippen LogP contribution in [0.25, 0.3) is 0 Å². The van der Waals surface area contributed by atoms with Gasteiger partial charge in [-0.15, -0.1) is 0 Å². The summed E-state index contributed by atoms with van der Waals surface area (Å²) in [5, 5.41) is 3.03. The second-order valence-corrected chi connectivity index (χ2v) is 24.6. The van der Waals surface area contributed by atoms with Crippen LogP contribution in [-0.4, -0.2) is 69.4 Å². The molecule has 80 heavy (non-hydrogen) atoms. The molecule has 0 rings (SSSR count). The molecule has 0 aliphatic rings. The topological polar surface area (TPSA) is 114 Å². The van der Waals surface area contributed by atoms with E-state index in [1.807, 2.05) is 33.3 Å². The van der Waals surface area contributed by atoms with Crippen molar-refractivity contribution in [2.24, 2.45) is 0 Å². The monoisotopic (exact) mass is 1140 g/mol. The summed E-state index contributed by atoms with van der Waals surface area (Å²) in [6, 6.07) is -0.900. The molecule has 0 radical (unpaired) electrons. The first-order valence-corrected chi connectivity index (χ1v) is 34.5. The van der Waals surface area contributed by atoms with Crippen LogP contribution in [0.15, 0.2) is 97.2 Å².